The standard InChI is InChI=1S/C23H29N5O6S/c1-13(2)12-18(19(29)22-26-27-23(34-22)35-3)25-21(31)16-6-4-5-7-17(16)24-20(30)14-8-10-15(11-9-14)28(32)33/h8-11,13,16-18H,4-7,12H2,1-3H3,(H,24,30)(H,25,31)/t16-,17+,18+/m1/s1. The van der Waals surface area contributed by atoms with Crippen LogP contribution in [0.15, 0.2) is 33.9 Å². The summed E-state index contributed by atoms with van der Waals surface area (Å²) in [7, 11) is 0. The van der Waals surface area contributed by atoms with Crippen LogP contribution in [0, 0.1) is 22.0 Å². The van der Waals surface area contributed by atoms with Crippen LogP contribution in [0.5, 0.6) is 0 Å². The van der Waals surface area contributed by atoms with Gasteiger partial charge in [0.1, 0.15) is 0 Å². The van der Waals surface area contributed by atoms with E-state index < -0.39 is 34.6 Å². The number of nitro benzene ring substituents is 1. The van der Waals surface area contributed by atoms with Crippen LogP contribution in [-0.4, -0.2) is 51.1 Å². The van der Waals surface area contributed by atoms with Crippen LogP contribution in [0.1, 0.15) is 67.0 Å². The Hall–Kier alpha value is -3.28. The molecule has 0 aliphatic heterocycles. The Kier molecular flexibility index (Phi) is 8.96. The fraction of sp³-hybridized carbons (Fsp3) is 0.522. The van der Waals surface area contributed by atoms with Crippen molar-refractivity contribution in [2.75, 3.05) is 6.26 Å². The maximum atomic E-state index is 13.3. The SMILES string of the molecule is CSc1nnc(C(=O)[C@H](CC(C)C)NC(=O)[C@@H]2CCCC[C@@H]2NC(=O)c2ccc([N+](=O)[O-])cc2)o1. The number of rotatable bonds is 10. The summed E-state index contributed by atoms with van der Waals surface area (Å²) in [6.45, 7) is 3.89. The van der Waals surface area contributed by atoms with Gasteiger partial charge in [-0.05, 0) is 43.6 Å². The fourth-order valence-electron chi connectivity index (χ4n) is 4.13. The zero-order valence-corrected chi connectivity index (χ0v) is 20.7. The number of nitro groups is 1. The topological polar surface area (TPSA) is 157 Å². The highest BCUT2D eigenvalue weighted by Crippen LogP contribution is 2.26. The molecule has 0 saturated heterocycles. The van der Waals surface area contributed by atoms with Gasteiger partial charge in [-0.25, -0.2) is 0 Å². The third-order valence-electron chi connectivity index (χ3n) is 5.89. The molecule has 3 rings (SSSR count). The van der Waals surface area contributed by atoms with Crippen molar-refractivity contribution in [3.05, 3.63) is 45.8 Å². The molecule has 3 atom stereocenters. The van der Waals surface area contributed by atoms with Gasteiger partial charge in [0.05, 0.1) is 16.9 Å². The van der Waals surface area contributed by atoms with Crippen molar-refractivity contribution in [2.24, 2.45) is 11.8 Å². The lowest BCUT2D eigenvalue weighted by Crippen LogP contribution is -2.52. The van der Waals surface area contributed by atoms with Crippen LogP contribution in [0.3, 0.4) is 0 Å². The summed E-state index contributed by atoms with van der Waals surface area (Å²) in [6, 6.07) is 4.05. The first kappa shape index (κ1) is 26.3. The number of carbonyl (C=O) groups excluding carboxylic acids is 3. The van der Waals surface area contributed by atoms with Gasteiger partial charge < -0.3 is 15.1 Å². The Bertz CT molecular complexity index is 1070. The molecule has 0 radical (unpaired) electrons. The third-order valence-corrected chi connectivity index (χ3v) is 6.41. The number of benzene rings is 1. The Morgan fingerprint density at radius 1 is 1.17 bits per heavy atom. The molecule has 0 unspecified atom stereocenters. The normalized spacial score (nSPS) is 18.6. The van der Waals surface area contributed by atoms with Gasteiger partial charge in [0, 0.05) is 23.7 Å². The largest absolute Gasteiger partial charge is 0.408 e. The van der Waals surface area contributed by atoms with Crippen LogP contribution in [-0.2, 0) is 4.79 Å². The molecule has 188 valence electrons. The Labute approximate surface area is 207 Å². The average molecular weight is 504 g/mol. The van der Waals surface area contributed by atoms with Crippen LogP contribution >= 0.6 is 11.8 Å². The van der Waals surface area contributed by atoms with Crippen LogP contribution in [0.4, 0.5) is 5.69 Å². The predicted octanol–water partition coefficient (Wildman–Crippen LogP) is 3.40. The number of hydrogen-bond acceptors (Lipinski definition) is 9. The first-order valence-electron chi connectivity index (χ1n) is 11.5. The second kappa shape index (κ2) is 11.9. The molecular weight excluding hydrogens is 474 g/mol. The summed E-state index contributed by atoms with van der Waals surface area (Å²) >= 11 is 1.22. The molecule has 35 heavy (non-hydrogen) atoms. The Morgan fingerprint density at radius 2 is 1.86 bits per heavy atom. The van der Waals surface area contributed by atoms with E-state index in [2.05, 4.69) is 20.8 Å². The van der Waals surface area contributed by atoms with Crippen molar-refractivity contribution in [3.8, 4) is 0 Å². The minimum Gasteiger partial charge on any atom is -0.408 e. The minimum atomic E-state index is -0.828. The second-order valence-electron chi connectivity index (χ2n) is 8.91. The number of aromatic nitrogens is 2. The molecule has 1 saturated carbocycles. The Morgan fingerprint density at radius 3 is 2.46 bits per heavy atom. The van der Waals surface area contributed by atoms with Crippen molar-refractivity contribution in [1.82, 2.24) is 20.8 Å². The molecule has 1 aliphatic rings. The van der Waals surface area contributed by atoms with Gasteiger partial charge in [-0.3, -0.25) is 24.5 Å². The molecule has 1 aliphatic carbocycles. The highest BCUT2D eigenvalue weighted by Gasteiger charge is 2.35. The van der Waals surface area contributed by atoms with Gasteiger partial charge in [-0.1, -0.05) is 38.5 Å². The number of nitrogens with one attached hydrogen (secondary N) is 2. The van der Waals surface area contributed by atoms with Crippen LogP contribution in [0.2, 0.25) is 0 Å². The summed E-state index contributed by atoms with van der Waals surface area (Å²) in [5, 5.41) is 24.5. The number of non-ortho nitro benzene ring substituents is 1. The van der Waals surface area contributed by atoms with Gasteiger partial charge in [-0.2, -0.15) is 0 Å². The van der Waals surface area contributed by atoms with E-state index >= 15 is 0 Å². The number of thioether (sulfide) groups is 1. The zero-order valence-electron chi connectivity index (χ0n) is 19.9. The minimum absolute atomic E-state index is 0.108. The molecule has 1 aromatic carbocycles. The lowest BCUT2D eigenvalue weighted by Gasteiger charge is -2.32. The number of Topliss-reactive ketones (excluding diaryl/α,β-unsaturated/α-hetero) is 1. The number of amides is 2. The summed E-state index contributed by atoms with van der Waals surface area (Å²) in [6.07, 6.45) is 5.00. The molecule has 12 heteroatoms. The van der Waals surface area contributed by atoms with Gasteiger partial charge >= 0.3 is 0 Å². The van der Waals surface area contributed by atoms with E-state index in [0.717, 1.165) is 12.8 Å². The molecule has 1 fully saturated rings. The second-order valence-corrected chi connectivity index (χ2v) is 9.66. The molecule has 0 bridgehead atoms. The molecule has 1 heterocycles. The maximum Gasteiger partial charge on any atom is 0.286 e. The number of hydrogen-bond donors (Lipinski definition) is 2. The van der Waals surface area contributed by atoms with Crippen molar-refractivity contribution in [3.63, 3.8) is 0 Å². The van der Waals surface area contributed by atoms with Crippen molar-refractivity contribution < 1.29 is 23.7 Å². The molecule has 11 nitrogen and oxygen atoms in total. The van der Waals surface area contributed by atoms with Crippen molar-refractivity contribution in [1.29, 1.82) is 0 Å². The lowest BCUT2D eigenvalue weighted by molar-refractivity contribution is -0.384. The van der Waals surface area contributed by atoms with Gasteiger partial charge in [-0.15, -0.1) is 10.2 Å². The highest BCUT2D eigenvalue weighted by molar-refractivity contribution is 7.98. The maximum absolute atomic E-state index is 13.3. The lowest BCUT2D eigenvalue weighted by atomic mass is 9.83. The molecule has 2 aromatic rings. The van der Waals surface area contributed by atoms with Crippen LogP contribution in [0.25, 0.3) is 0 Å². The monoisotopic (exact) mass is 503 g/mol. The van der Waals surface area contributed by atoms with E-state index in [1.807, 2.05) is 13.8 Å². The van der Waals surface area contributed by atoms with Crippen molar-refractivity contribution in [2.45, 2.75) is 63.3 Å². The molecule has 2 amide bonds. The van der Waals surface area contributed by atoms with E-state index in [4.69, 9.17) is 4.42 Å². The predicted molar refractivity (Wildman–Crippen MR) is 128 cm³/mol. The van der Waals surface area contributed by atoms with E-state index in [9.17, 15) is 24.5 Å². The number of carbonyl (C=O) groups is 3. The molecule has 1 aromatic heterocycles. The number of ketones is 1. The average Bonchev–Trinajstić information content (AvgIpc) is 3.32. The van der Waals surface area contributed by atoms with E-state index in [1.165, 1.54) is 36.0 Å². The number of nitrogens with zero attached hydrogens (tertiary/aromatic N) is 3. The van der Waals surface area contributed by atoms with Crippen molar-refractivity contribution >= 4 is 35.0 Å². The fourth-order valence-corrected chi connectivity index (χ4v) is 4.41. The van der Waals surface area contributed by atoms with Gasteiger partial charge in [0.15, 0.2) is 0 Å². The highest BCUT2D eigenvalue weighted by atomic mass is 32.2. The molecule has 0 spiro atoms. The first-order chi connectivity index (χ1) is 16.7. The Balaban J connectivity index is 1.71. The van der Waals surface area contributed by atoms with Crippen LogP contribution < -0.4 is 10.6 Å². The smallest absolute Gasteiger partial charge is 0.286 e. The third kappa shape index (κ3) is 6.87. The molecule has 2 N–H and O–H groups in total. The van der Waals surface area contributed by atoms with E-state index in [0.29, 0.717) is 19.3 Å². The summed E-state index contributed by atoms with van der Waals surface area (Å²) in [5.41, 5.74) is 0.164. The summed E-state index contributed by atoms with van der Waals surface area (Å²) in [4.78, 5) is 49.4. The van der Waals surface area contributed by atoms with E-state index in [-0.39, 0.29) is 34.2 Å². The van der Waals surface area contributed by atoms with Gasteiger partial charge in [0.2, 0.25) is 11.7 Å². The first-order valence-corrected chi connectivity index (χ1v) is 12.7. The van der Waals surface area contributed by atoms with Gasteiger partial charge in [0.25, 0.3) is 22.7 Å². The summed E-state index contributed by atoms with van der Waals surface area (Å²) < 4.78 is 5.37. The zero-order chi connectivity index (χ0) is 25.5. The van der Waals surface area contributed by atoms with E-state index in [1.54, 1.807) is 6.26 Å². The summed E-state index contributed by atoms with van der Waals surface area (Å²) in [5.74, 6) is -1.71. The molecular formula is C23H29N5O6S. The quantitative estimate of drug-likeness (QED) is 0.214.